The predicted molar refractivity (Wildman–Crippen MR) is 83.7 cm³/mol. The van der Waals surface area contributed by atoms with E-state index in [1.165, 1.54) is 19.0 Å². The van der Waals surface area contributed by atoms with Crippen LogP contribution < -0.4 is 20.5 Å². The minimum atomic E-state index is 0.364. The Morgan fingerprint density at radius 1 is 1.43 bits per heavy atom. The van der Waals surface area contributed by atoms with Crippen LogP contribution in [0.2, 0.25) is 0 Å². The molecule has 1 aromatic heterocycles. The standard InChI is InChI=1S/C14H15BrN4O2/c1-20-14-11(16)13(18-7-19-14)17-6-9-5-10(15)4-8-2-3-21-12(8)9/h4-5,7H,2-3,6,16H2,1H3,(H,17,18,19). The number of benzene rings is 1. The Labute approximate surface area is 130 Å². The number of nitrogen functional groups attached to an aromatic ring is 1. The number of halogens is 1. The van der Waals surface area contributed by atoms with Crippen molar-refractivity contribution in [3.63, 3.8) is 0 Å². The molecule has 110 valence electrons. The quantitative estimate of drug-likeness (QED) is 0.880. The number of methoxy groups -OCH3 is 1. The topological polar surface area (TPSA) is 82.3 Å². The van der Waals surface area contributed by atoms with Crippen molar-refractivity contribution in [3.8, 4) is 11.6 Å². The highest BCUT2D eigenvalue weighted by Crippen LogP contribution is 2.34. The van der Waals surface area contributed by atoms with Gasteiger partial charge < -0.3 is 20.5 Å². The van der Waals surface area contributed by atoms with Crippen LogP contribution in [-0.4, -0.2) is 23.7 Å². The number of hydrogen-bond acceptors (Lipinski definition) is 6. The van der Waals surface area contributed by atoms with E-state index in [0.717, 1.165) is 28.8 Å². The lowest BCUT2D eigenvalue weighted by atomic mass is 10.1. The second-order valence-corrected chi connectivity index (χ2v) is 5.57. The Balaban J connectivity index is 1.83. The zero-order chi connectivity index (χ0) is 14.8. The molecule has 0 bridgehead atoms. The molecule has 1 aliphatic heterocycles. The lowest BCUT2D eigenvalue weighted by molar-refractivity contribution is 0.354. The third-order valence-corrected chi connectivity index (χ3v) is 3.77. The molecule has 3 N–H and O–H groups in total. The van der Waals surface area contributed by atoms with Gasteiger partial charge in [0.15, 0.2) is 5.82 Å². The van der Waals surface area contributed by atoms with Crippen LogP contribution in [0.3, 0.4) is 0 Å². The van der Waals surface area contributed by atoms with Crippen molar-refractivity contribution in [1.29, 1.82) is 0 Å². The van der Waals surface area contributed by atoms with Gasteiger partial charge in [0.1, 0.15) is 17.8 Å². The highest BCUT2D eigenvalue weighted by Gasteiger charge is 2.18. The largest absolute Gasteiger partial charge is 0.493 e. The minimum Gasteiger partial charge on any atom is -0.493 e. The number of aromatic nitrogens is 2. The molecular formula is C14H15BrN4O2. The summed E-state index contributed by atoms with van der Waals surface area (Å²) in [6.45, 7) is 1.29. The van der Waals surface area contributed by atoms with Gasteiger partial charge in [-0.25, -0.2) is 4.98 Å². The molecule has 0 atom stereocenters. The van der Waals surface area contributed by atoms with Crippen LogP contribution in [0.1, 0.15) is 11.1 Å². The lowest BCUT2D eigenvalue weighted by Gasteiger charge is -2.12. The predicted octanol–water partition coefficient (Wildman–Crippen LogP) is 2.38. The van der Waals surface area contributed by atoms with Gasteiger partial charge in [0.2, 0.25) is 5.88 Å². The fourth-order valence-corrected chi connectivity index (χ4v) is 2.89. The molecule has 1 aliphatic rings. The van der Waals surface area contributed by atoms with Crippen molar-refractivity contribution in [3.05, 3.63) is 34.1 Å². The number of nitrogens with one attached hydrogen (secondary N) is 1. The van der Waals surface area contributed by atoms with Crippen LogP contribution in [0.4, 0.5) is 11.5 Å². The van der Waals surface area contributed by atoms with E-state index in [2.05, 4.69) is 37.3 Å². The smallest absolute Gasteiger partial charge is 0.242 e. The first-order valence-electron chi connectivity index (χ1n) is 6.51. The van der Waals surface area contributed by atoms with Gasteiger partial charge in [-0.15, -0.1) is 0 Å². The van der Waals surface area contributed by atoms with Crippen LogP contribution in [0, 0.1) is 0 Å². The molecule has 2 aromatic rings. The fraction of sp³-hybridized carbons (Fsp3) is 0.286. The summed E-state index contributed by atoms with van der Waals surface area (Å²) in [5.74, 6) is 1.86. The molecule has 0 saturated carbocycles. The third kappa shape index (κ3) is 2.73. The molecule has 7 heteroatoms. The Kier molecular flexibility index (Phi) is 3.83. The summed E-state index contributed by atoms with van der Waals surface area (Å²) in [6, 6.07) is 4.12. The van der Waals surface area contributed by atoms with Crippen LogP contribution in [-0.2, 0) is 13.0 Å². The van der Waals surface area contributed by atoms with Gasteiger partial charge in [0.05, 0.1) is 13.7 Å². The summed E-state index contributed by atoms with van der Waals surface area (Å²) in [5.41, 5.74) is 8.62. The average molecular weight is 351 g/mol. The van der Waals surface area contributed by atoms with Gasteiger partial charge in [-0.1, -0.05) is 15.9 Å². The summed E-state index contributed by atoms with van der Waals surface area (Å²) in [5, 5.41) is 3.20. The lowest BCUT2D eigenvalue weighted by Crippen LogP contribution is -2.07. The van der Waals surface area contributed by atoms with Gasteiger partial charge >= 0.3 is 0 Å². The molecule has 0 amide bonds. The van der Waals surface area contributed by atoms with E-state index in [4.69, 9.17) is 15.2 Å². The zero-order valence-corrected chi connectivity index (χ0v) is 13.1. The summed E-state index contributed by atoms with van der Waals surface area (Å²) in [7, 11) is 1.53. The van der Waals surface area contributed by atoms with E-state index in [1.807, 2.05) is 6.07 Å². The molecule has 0 fully saturated rings. The summed E-state index contributed by atoms with van der Waals surface area (Å²) in [6.07, 6.45) is 2.35. The molecule has 0 unspecified atom stereocenters. The maximum absolute atomic E-state index is 5.95. The minimum absolute atomic E-state index is 0.364. The van der Waals surface area contributed by atoms with E-state index >= 15 is 0 Å². The zero-order valence-electron chi connectivity index (χ0n) is 11.5. The van der Waals surface area contributed by atoms with Crippen molar-refractivity contribution in [2.45, 2.75) is 13.0 Å². The molecule has 0 saturated heterocycles. The summed E-state index contributed by atoms with van der Waals surface area (Å²) >= 11 is 3.53. The Morgan fingerprint density at radius 3 is 3.10 bits per heavy atom. The Bertz CT molecular complexity index is 678. The van der Waals surface area contributed by atoms with E-state index < -0.39 is 0 Å². The van der Waals surface area contributed by atoms with Gasteiger partial charge in [0.25, 0.3) is 0 Å². The number of fused-ring (bicyclic) bond motifs is 1. The van der Waals surface area contributed by atoms with E-state index in [0.29, 0.717) is 23.9 Å². The third-order valence-electron chi connectivity index (χ3n) is 3.31. The second-order valence-electron chi connectivity index (χ2n) is 4.65. The summed E-state index contributed by atoms with van der Waals surface area (Å²) in [4.78, 5) is 8.09. The van der Waals surface area contributed by atoms with Crippen molar-refractivity contribution in [2.24, 2.45) is 0 Å². The highest BCUT2D eigenvalue weighted by molar-refractivity contribution is 9.10. The first kappa shape index (κ1) is 13.9. The monoisotopic (exact) mass is 350 g/mol. The second kappa shape index (κ2) is 5.77. The van der Waals surface area contributed by atoms with Gasteiger partial charge in [-0.2, -0.15) is 4.98 Å². The molecular weight excluding hydrogens is 336 g/mol. The first-order chi connectivity index (χ1) is 10.2. The van der Waals surface area contributed by atoms with Crippen LogP contribution in [0.5, 0.6) is 11.6 Å². The van der Waals surface area contributed by atoms with Crippen LogP contribution in [0.15, 0.2) is 22.9 Å². The molecule has 2 heterocycles. The van der Waals surface area contributed by atoms with Gasteiger partial charge in [-0.3, -0.25) is 0 Å². The average Bonchev–Trinajstić information content (AvgIpc) is 2.94. The van der Waals surface area contributed by atoms with E-state index in [1.54, 1.807) is 0 Å². The van der Waals surface area contributed by atoms with Crippen molar-refractivity contribution < 1.29 is 9.47 Å². The number of anilines is 2. The van der Waals surface area contributed by atoms with Crippen LogP contribution in [0.25, 0.3) is 0 Å². The number of nitrogens with zero attached hydrogens (tertiary/aromatic N) is 2. The SMILES string of the molecule is COc1ncnc(NCc2cc(Br)cc3c2OCC3)c1N. The van der Waals surface area contributed by atoms with Gasteiger partial charge in [0, 0.05) is 23.0 Å². The maximum atomic E-state index is 5.95. The maximum Gasteiger partial charge on any atom is 0.242 e. The van der Waals surface area contributed by atoms with Crippen molar-refractivity contribution in [2.75, 3.05) is 24.8 Å². The van der Waals surface area contributed by atoms with Crippen molar-refractivity contribution in [1.82, 2.24) is 9.97 Å². The molecule has 21 heavy (non-hydrogen) atoms. The molecule has 0 aliphatic carbocycles. The number of hydrogen-bond donors (Lipinski definition) is 2. The fourth-order valence-electron chi connectivity index (χ4n) is 2.34. The van der Waals surface area contributed by atoms with Crippen molar-refractivity contribution >= 4 is 27.4 Å². The number of rotatable bonds is 4. The van der Waals surface area contributed by atoms with Gasteiger partial charge in [-0.05, 0) is 17.7 Å². The van der Waals surface area contributed by atoms with Crippen LogP contribution >= 0.6 is 15.9 Å². The van der Waals surface area contributed by atoms with E-state index in [9.17, 15) is 0 Å². The Morgan fingerprint density at radius 2 is 2.29 bits per heavy atom. The Hall–Kier alpha value is -2.02. The normalized spacial score (nSPS) is 12.7. The highest BCUT2D eigenvalue weighted by atomic mass is 79.9. The molecule has 3 rings (SSSR count). The first-order valence-corrected chi connectivity index (χ1v) is 7.30. The molecule has 0 spiro atoms. The molecule has 6 nitrogen and oxygen atoms in total. The van der Waals surface area contributed by atoms with E-state index in [-0.39, 0.29) is 0 Å². The number of nitrogens with two attached hydrogens (primary N) is 1. The summed E-state index contributed by atoms with van der Waals surface area (Å²) < 4.78 is 11.8. The molecule has 1 aromatic carbocycles. The molecule has 0 radical (unpaired) electrons. The number of ether oxygens (including phenoxy) is 2.